The number of aliphatic hydroxyl groups is 1. The predicted molar refractivity (Wildman–Crippen MR) is 71.8 cm³/mol. The van der Waals surface area contributed by atoms with Crippen LogP contribution in [0.25, 0.3) is 0 Å². The Bertz CT molecular complexity index is 522. The number of benzene rings is 1. The number of carbonyl (C=O) groups is 1. The van der Waals surface area contributed by atoms with E-state index in [4.69, 9.17) is 16.0 Å². The number of furan rings is 1. The van der Waals surface area contributed by atoms with Gasteiger partial charge in [-0.3, -0.25) is 4.79 Å². The molecule has 0 spiro atoms. The first-order valence-electron chi connectivity index (χ1n) is 5.86. The second-order valence-electron chi connectivity index (χ2n) is 4.18. The Morgan fingerprint density at radius 3 is 2.68 bits per heavy atom. The standard InChI is InChI=1S/C14H14ClNO3/c15-12-3-1-10(2-4-12)7-14(18)16-8-13(17)11-5-6-19-9-11/h1-6,9,13,17H,7-8H2,(H,16,18). The Hall–Kier alpha value is -1.78. The monoisotopic (exact) mass is 279 g/mol. The van der Waals surface area contributed by atoms with Gasteiger partial charge >= 0.3 is 0 Å². The van der Waals surface area contributed by atoms with Gasteiger partial charge in [-0.05, 0) is 23.8 Å². The zero-order valence-electron chi connectivity index (χ0n) is 10.2. The van der Waals surface area contributed by atoms with E-state index in [1.54, 1.807) is 30.3 Å². The number of nitrogens with one attached hydrogen (secondary N) is 1. The normalized spacial score (nSPS) is 12.1. The summed E-state index contributed by atoms with van der Waals surface area (Å²) in [4.78, 5) is 11.7. The third kappa shape index (κ3) is 4.12. The van der Waals surface area contributed by atoms with Crippen molar-refractivity contribution in [1.82, 2.24) is 5.32 Å². The average molecular weight is 280 g/mol. The van der Waals surface area contributed by atoms with Gasteiger partial charge in [0.15, 0.2) is 0 Å². The van der Waals surface area contributed by atoms with Crippen LogP contribution in [0.5, 0.6) is 0 Å². The maximum Gasteiger partial charge on any atom is 0.224 e. The SMILES string of the molecule is O=C(Cc1ccc(Cl)cc1)NCC(O)c1ccoc1. The number of aliphatic hydroxyl groups excluding tert-OH is 1. The first-order chi connectivity index (χ1) is 9.15. The van der Waals surface area contributed by atoms with Gasteiger partial charge in [0.25, 0.3) is 0 Å². The van der Waals surface area contributed by atoms with Gasteiger partial charge in [-0.15, -0.1) is 0 Å². The number of rotatable bonds is 5. The summed E-state index contributed by atoms with van der Waals surface area (Å²) in [5, 5.41) is 13.1. The maximum atomic E-state index is 11.7. The molecule has 0 aliphatic heterocycles. The fourth-order valence-corrected chi connectivity index (χ4v) is 1.77. The fourth-order valence-electron chi connectivity index (χ4n) is 1.64. The molecule has 1 aromatic heterocycles. The van der Waals surface area contributed by atoms with Crippen LogP contribution in [0.2, 0.25) is 5.02 Å². The Labute approximate surface area is 116 Å². The van der Waals surface area contributed by atoms with Gasteiger partial charge in [-0.1, -0.05) is 23.7 Å². The van der Waals surface area contributed by atoms with Crippen LogP contribution in [0.3, 0.4) is 0 Å². The number of hydrogen-bond acceptors (Lipinski definition) is 3. The Kier molecular flexibility index (Phi) is 4.60. The van der Waals surface area contributed by atoms with Gasteiger partial charge in [0.1, 0.15) is 0 Å². The van der Waals surface area contributed by atoms with Gasteiger partial charge in [-0.25, -0.2) is 0 Å². The van der Waals surface area contributed by atoms with Crippen LogP contribution in [0.15, 0.2) is 47.3 Å². The molecule has 0 fully saturated rings. The molecule has 0 radical (unpaired) electrons. The molecule has 4 nitrogen and oxygen atoms in total. The van der Waals surface area contributed by atoms with Gasteiger partial charge in [0.05, 0.1) is 25.1 Å². The first-order valence-corrected chi connectivity index (χ1v) is 6.24. The third-order valence-corrected chi connectivity index (χ3v) is 2.95. The Morgan fingerprint density at radius 1 is 1.32 bits per heavy atom. The van der Waals surface area contributed by atoms with E-state index in [1.807, 2.05) is 0 Å². The zero-order chi connectivity index (χ0) is 13.7. The minimum Gasteiger partial charge on any atom is -0.472 e. The van der Waals surface area contributed by atoms with Gasteiger partial charge in [0.2, 0.25) is 5.91 Å². The highest BCUT2D eigenvalue weighted by atomic mass is 35.5. The van der Waals surface area contributed by atoms with Gasteiger partial charge in [0, 0.05) is 17.1 Å². The van der Waals surface area contributed by atoms with Crippen LogP contribution in [-0.4, -0.2) is 17.6 Å². The summed E-state index contributed by atoms with van der Waals surface area (Å²) in [5.74, 6) is -0.148. The lowest BCUT2D eigenvalue weighted by molar-refractivity contribution is -0.120. The van der Waals surface area contributed by atoms with E-state index >= 15 is 0 Å². The smallest absolute Gasteiger partial charge is 0.224 e. The summed E-state index contributed by atoms with van der Waals surface area (Å²) >= 11 is 5.77. The van der Waals surface area contributed by atoms with Crippen molar-refractivity contribution in [2.24, 2.45) is 0 Å². The Balaban J connectivity index is 1.80. The fraction of sp³-hybridized carbons (Fsp3) is 0.214. The summed E-state index contributed by atoms with van der Waals surface area (Å²) in [6, 6.07) is 8.74. The lowest BCUT2D eigenvalue weighted by Gasteiger charge is -2.10. The second-order valence-corrected chi connectivity index (χ2v) is 4.62. The van der Waals surface area contributed by atoms with Crippen molar-refractivity contribution in [2.75, 3.05) is 6.54 Å². The lowest BCUT2D eigenvalue weighted by Crippen LogP contribution is -2.29. The van der Waals surface area contributed by atoms with Crippen LogP contribution in [0.1, 0.15) is 17.2 Å². The second kappa shape index (κ2) is 6.41. The van der Waals surface area contributed by atoms with Gasteiger partial charge in [-0.2, -0.15) is 0 Å². The molecule has 2 N–H and O–H groups in total. The summed E-state index contributed by atoms with van der Waals surface area (Å²) in [7, 11) is 0. The molecule has 1 amide bonds. The molecule has 0 aliphatic carbocycles. The molecule has 0 saturated heterocycles. The number of hydrogen-bond donors (Lipinski definition) is 2. The van der Waals surface area contributed by atoms with Crippen LogP contribution in [0.4, 0.5) is 0 Å². The molecular weight excluding hydrogens is 266 g/mol. The summed E-state index contributed by atoms with van der Waals surface area (Å²) in [6.45, 7) is 0.159. The highest BCUT2D eigenvalue weighted by molar-refractivity contribution is 6.30. The van der Waals surface area contributed by atoms with E-state index in [0.29, 0.717) is 10.6 Å². The van der Waals surface area contributed by atoms with Crippen molar-refractivity contribution >= 4 is 17.5 Å². The summed E-state index contributed by atoms with van der Waals surface area (Å²) < 4.78 is 4.86. The molecule has 0 bridgehead atoms. The molecule has 19 heavy (non-hydrogen) atoms. The number of carbonyl (C=O) groups excluding carboxylic acids is 1. The van der Waals surface area contributed by atoms with Crippen molar-refractivity contribution in [2.45, 2.75) is 12.5 Å². The molecular formula is C14H14ClNO3. The molecule has 1 atom stereocenters. The van der Waals surface area contributed by atoms with Gasteiger partial charge < -0.3 is 14.8 Å². The summed E-state index contributed by atoms with van der Waals surface area (Å²) in [5.41, 5.74) is 1.52. The van der Waals surface area contributed by atoms with E-state index in [9.17, 15) is 9.90 Å². The van der Waals surface area contributed by atoms with Crippen molar-refractivity contribution < 1.29 is 14.3 Å². The molecule has 1 heterocycles. The zero-order valence-corrected chi connectivity index (χ0v) is 10.9. The molecule has 2 aromatic rings. The van der Waals surface area contributed by atoms with Crippen LogP contribution in [0, 0.1) is 0 Å². The van der Waals surface area contributed by atoms with E-state index in [-0.39, 0.29) is 18.9 Å². The number of amides is 1. The predicted octanol–water partition coefficient (Wildman–Crippen LogP) is 2.33. The van der Waals surface area contributed by atoms with E-state index in [2.05, 4.69) is 5.32 Å². The van der Waals surface area contributed by atoms with Crippen molar-refractivity contribution in [3.05, 3.63) is 59.0 Å². The van der Waals surface area contributed by atoms with E-state index < -0.39 is 6.10 Å². The molecule has 0 aliphatic rings. The molecule has 5 heteroatoms. The first kappa shape index (κ1) is 13.6. The minimum atomic E-state index is -0.757. The highest BCUT2D eigenvalue weighted by Crippen LogP contribution is 2.12. The molecule has 100 valence electrons. The highest BCUT2D eigenvalue weighted by Gasteiger charge is 2.10. The molecule has 2 rings (SSSR count). The topological polar surface area (TPSA) is 62.5 Å². The molecule has 1 unspecified atom stereocenters. The van der Waals surface area contributed by atoms with Crippen molar-refractivity contribution in [3.63, 3.8) is 0 Å². The third-order valence-electron chi connectivity index (χ3n) is 2.70. The van der Waals surface area contributed by atoms with Crippen molar-refractivity contribution in [3.8, 4) is 0 Å². The average Bonchev–Trinajstić information content (AvgIpc) is 2.93. The maximum absolute atomic E-state index is 11.7. The molecule has 1 aromatic carbocycles. The summed E-state index contributed by atoms with van der Waals surface area (Å²) in [6.07, 6.45) is 2.44. The van der Waals surface area contributed by atoms with Crippen LogP contribution in [-0.2, 0) is 11.2 Å². The van der Waals surface area contributed by atoms with Crippen molar-refractivity contribution in [1.29, 1.82) is 0 Å². The lowest BCUT2D eigenvalue weighted by atomic mass is 10.1. The van der Waals surface area contributed by atoms with E-state index in [0.717, 1.165) is 5.56 Å². The minimum absolute atomic E-state index is 0.148. The quantitative estimate of drug-likeness (QED) is 0.883. The molecule has 0 saturated carbocycles. The Morgan fingerprint density at radius 2 is 2.05 bits per heavy atom. The largest absolute Gasteiger partial charge is 0.472 e. The van der Waals surface area contributed by atoms with Crippen LogP contribution < -0.4 is 5.32 Å². The number of halogens is 1. The van der Waals surface area contributed by atoms with Crippen LogP contribution >= 0.6 is 11.6 Å². The van der Waals surface area contributed by atoms with E-state index in [1.165, 1.54) is 12.5 Å².